The Kier molecular flexibility index (Phi) is 6.52. The number of benzene rings is 1. The lowest BCUT2D eigenvalue weighted by atomic mass is 10.1. The van der Waals surface area contributed by atoms with Crippen molar-refractivity contribution in [1.29, 1.82) is 0 Å². The second kappa shape index (κ2) is 7.90. The quantitative estimate of drug-likeness (QED) is 0.870. The summed E-state index contributed by atoms with van der Waals surface area (Å²) >= 11 is 0. The van der Waals surface area contributed by atoms with Crippen molar-refractivity contribution in [2.24, 2.45) is 0 Å². The molecule has 0 saturated heterocycles. The van der Waals surface area contributed by atoms with Gasteiger partial charge in [-0.3, -0.25) is 0 Å². The lowest BCUT2D eigenvalue weighted by Gasteiger charge is -2.23. The number of amides is 1. The minimum absolute atomic E-state index is 0.0906. The monoisotopic (exact) mass is 279 g/mol. The molecular weight excluding hydrogens is 254 g/mol. The van der Waals surface area contributed by atoms with Crippen LogP contribution in [0.5, 0.6) is 0 Å². The molecule has 0 aliphatic heterocycles. The average molecular weight is 279 g/mol. The molecule has 0 bridgehead atoms. The van der Waals surface area contributed by atoms with Crippen LogP contribution in [0.4, 0.5) is 4.79 Å². The van der Waals surface area contributed by atoms with Crippen molar-refractivity contribution in [3.05, 3.63) is 35.9 Å². The fourth-order valence-corrected chi connectivity index (χ4v) is 1.78. The van der Waals surface area contributed by atoms with Crippen molar-refractivity contribution in [3.8, 4) is 0 Å². The van der Waals surface area contributed by atoms with Crippen LogP contribution >= 0.6 is 0 Å². The molecule has 0 heterocycles. The Bertz CT molecular complexity index is 398. The molecule has 0 radical (unpaired) electrons. The van der Waals surface area contributed by atoms with E-state index in [1.165, 1.54) is 0 Å². The summed E-state index contributed by atoms with van der Waals surface area (Å²) in [5.41, 5.74) is 0.667. The van der Waals surface area contributed by atoms with E-state index in [9.17, 15) is 4.79 Å². The van der Waals surface area contributed by atoms with E-state index in [0.29, 0.717) is 13.2 Å². The molecule has 1 N–H and O–H groups in total. The zero-order chi connectivity index (χ0) is 15.0. The molecule has 1 amide bonds. The summed E-state index contributed by atoms with van der Waals surface area (Å²) in [6.45, 7) is 8.59. The average Bonchev–Trinajstić information content (AvgIpc) is 2.35. The summed E-state index contributed by atoms with van der Waals surface area (Å²) in [4.78, 5) is 11.8. The van der Waals surface area contributed by atoms with Crippen LogP contribution in [0.2, 0.25) is 0 Å². The fourth-order valence-electron chi connectivity index (χ4n) is 1.78. The van der Waals surface area contributed by atoms with E-state index in [1.54, 1.807) is 0 Å². The van der Waals surface area contributed by atoms with E-state index in [4.69, 9.17) is 9.47 Å². The number of alkyl carbamates (subject to hydrolysis) is 1. The van der Waals surface area contributed by atoms with E-state index in [2.05, 4.69) is 5.32 Å². The molecule has 0 unspecified atom stereocenters. The van der Waals surface area contributed by atoms with Crippen molar-refractivity contribution in [1.82, 2.24) is 5.32 Å². The SMILES string of the molecule is CCOC[C@H](Cc1ccccc1)NC(=O)OC(C)(C)C. The van der Waals surface area contributed by atoms with Gasteiger partial charge in [-0.1, -0.05) is 30.3 Å². The molecule has 0 aromatic heterocycles. The van der Waals surface area contributed by atoms with Crippen LogP contribution in [-0.4, -0.2) is 30.9 Å². The van der Waals surface area contributed by atoms with Gasteiger partial charge in [0.15, 0.2) is 0 Å². The van der Waals surface area contributed by atoms with Crippen molar-refractivity contribution < 1.29 is 14.3 Å². The maximum atomic E-state index is 11.8. The molecule has 1 rings (SSSR count). The summed E-state index contributed by atoms with van der Waals surface area (Å²) in [5, 5.41) is 2.87. The first-order valence-electron chi connectivity index (χ1n) is 7.02. The minimum Gasteiger partial charge on any atom is -0.444 e. The molecule has 1 aromatic carbocycles. The number of rotatable bonds is 6. The molecule has 4 heteroatoms. The summed E-state index contributed by atoms with van der Waals surface area (Å²) in [5.74, 6) is 0. The number of carbonyl (C=O) groups is 1. The highest BCUT2D eigenvalue weighted by molar-refractivity contribution is 5.68. The van der Waals surface area contributed by atoms with Gasteiger partial charge >= 0.3 is 6.09 Å². The van der Waals surface area contributed by atoms with Crippen LogP contribution in [0.15, 0.2) is 30.3 Å². The Hall–Kier alpha value is -1.55. The van der Waals surface area contributed by atoms with Gasteiger partial charge in [0.05, 0.1) is 12.6 Å². The Morgan fingerprint density at radius 1 is 1.25 bits per heavy atom. The third-order valence-electron chi connectivity index (χ3n) is 2.57. The molecule has 0 saturated carbocycles. The largest absolute Gasteiger partial charge is 0.444 e. The third-order valence-corrected chi connectivity index (χ3v) is 2.57. The third kappa shape index (κ3) is 7.14. The molecule has 0 aliphatic rings. The highest BCUT2D eigenvalue weighted by atomic mass is 16.6. The van der Waals surface area contributed by atoms with Crippen LogP contribution in [0.25, 0.3) is 0 Å². The van der Waals surface area contributed by atoms with Gasteiger partial charge in [0, 0.05) is 6.61 Å². The molecule has 0 aliphatic carbocycles. The zero-order valence-corrected chi connectivity index (χ0v) is 12.8. The number of ether oxygens (including phenoxy) is 2. The molecule has 0 spiro atoms. The van der Waals surface area contributed by atoms with Crippen LogP contribution < -0.4 is 5.32 Å². The van der Waals surface area contributed by atoms with Gasteiger partial charge in [-0.2, -0.15) is 0 Å². The van der Waals surface area contributed by atoms with Crippen molar-refractivity contribution in [2.45, 2.75) is 45.8 Å². The predicted octanol–water partition coefficient (Wildman–Crippen LogP) is 3.16. The predicted molar refractivity (Wildman–Crippen MR) is 79.8 cm³/mol. The van der Waals surface area contributed by atoms with E-state index in [1.807, 2.05) is 58.0 Å². The van der Waals surface area contributed by atoms with Crippen LogP contribution in [-0.2, 0) is 15.9 Å². The van der Waals surface area contributed by atoms with E-state index in [0.717, 1.165) is 12.0 Å². The minimum atomic E-state index is -0.493. The van der Waals surface area contributed by atoms with E-state index in [-0.39, 0.29) is 6.04 Å². The molecular formula is C16H25NO3. The molecule has 4 nitrogen and oxygen atoms in total. The maximum Gasteiger partial charge on any atom is 0.407 e. The molecule has 112 valence electrons. The first-order valence-corrected chi connectivity index (χ1v) is 7.02. The van der Waals surface area contributed by atoms with Gasteiger partial charge in [0.25, 0.3) is 0 Å². The van der Waals surface area contributed by atoms with Crippen molar-refractivity contribution in [3.63, 3.8) is 0 Å². The van der Waals surface area contributed by atoms with Crippen LogP contribution in [0.3, 0.4) is 0 Å². The molecule has 1 atom stereocenters. The summed E-state index contributed by atoms with van der Waals surface area (Å²) in [6, 6.07) is 9.93. The van der Waals surface area contributed by atoms with Crippen molar-refractivity contribution in [2.75, 3.05) is 13.2 Å². The number of hydrogen-bond donors (Lipinski definition) is 1. The Morgan fingerprint density at radius 2 is 1.90 bits per heavy atom. The van der Waals surface area contributed by atoms with Gasteiger partial charge in [-0.25, -0.2) is 4.79 Å². The second-order valence-corrected chi connectivity index (χ2v) is 5.69. The topological polar surface area (TPSA) is 47.6 Å². The van der Waals surface area contributed by atoms with Gasteiger partial charge in [0.2, 0.25) is 0 Å². The Labute approximate surface area is 121 Å². The smallest absolute Gasteiger partial charge is 0.407 e. The van der Waals surface area contributed by atoms with E-state index < -0.39 is 11.7 Å². The van der Waals surface area contributed by atoms with Gasteiger partial charge < -0.3 is 14.8 Å². The second-order valence-electron chi connectivity index (χ2n) is 5.69. The zero-order valence-electron chi connectivity index (χ0n) is 12.8. The lowest BCUT2D eigenvalue weighted by molar-refractivity contribution is 0.0449. The number of nitrogens with one attached hydrogen (secondary N) is 1. The summed E-state index contributed by atoms with van der Waals surface area (Å²) < 4.78 is 10.7. The summed E-state index contributed by atoms with van der Waals surface area (Å²) in [6.07, 6.45) is 0.318. The van der Waals surface area contributed by atoms with Gasteiger partial charge in [-0.15, -0.1) is 0 Å². The van der Waals surface area contributed by atoms with Gasteiger partial charge in [-0.05, 0) is 39.7 Å². The van der Waals surface area contributed by atoms with Crippen LogP contribution in [0, 0.1) is 0 Å². The normalized spacial score (nSPS) is 12.8. The molecule has 20 heavy (non-hydrogen) atoms. The number of hydrogen-bond acceptors (Lipinski definition) is 3. The maximum absolute atomic E-state index is 11.8. The van der Waals surface area contributed by atoms with Gasteiger partial charge in [0.1, 0.15) is 5.60 Å². The molecule has 0 fully saturated rings. The highest BCUT2D eigenvalue weighted by Gasteiger charge is 2.19. The molecule has 1 aromatic rings. The Balaban J connectivity index is 2.57. The number of carbonyl (C=O) groups excluding carboxylic acids is 1. The van der Waals surface area contributed by atoms with Crippen molar-refractivity contribution >= 4 is 6.09 Å². The first-order chi connectivity index (χ1) is 9.40. The summed E-state index contributed by atoms with van der Waals surface area (Å²) in [7, 11) is 0. The van der Waals surface area contributed by atoms with E-state index >= 15 is 0 Å². The lowest BCUT2D eigenvalue weighted by Crippen LogP contribution is -2.42. The Morgan fingerprint density at radius 3 is 2.45 bits per heavy atom. The van der Waals surface area contributed by atoms with Crippen LogP contribution in [0.1, 0.15) is 33.3 Å². The highest BCUT2D eigenvalue weighted by Crippen LogP contribution is 2.08. The fraction of sp³-hybridized carbons (Fsp3) is 0.562. The first kappa shape index (κ1) is 16.5. The standard InChI is InChI=1S/C16H25NO3/c1-5-19-12-14(11-13-9-7-6-8-10-13)17-15(18)20-16(2,3)4/h6-10,14H,5,11-12H2,1-4H3,(H,17,18)/t14-/m0/s1.